The van der Waals surface area contributed by atoms with Crippen molar-refractivity contribution in [3.63, 3.8) is 0 Å². The first-order valence-corrected chi connectivity index (χ1v) is 7.29. The molecule has 0 heterocycles. The molecule has 2 atom stereocenters. The first kappa shape index (κ1) is 13.3. The van der Waals surface area contributed by atoms with Crippen molar-refractivity contribution in [2.24, 2.45) is 5.73 Å². The van der Waals surface area contributed by atoms with Gasteiger partial charge in [0.25, 0.3) is 0 Å². The summed E-state index contributed by atoms with van der Waals surface area (Å²) in [6, 6.07) is 1.11. The van der Waals surface area contributed by atoms with Crippen LogP contribution in [-0.2, 0) is 0 Å². The number of rotatable bonds is 4. The van der Waals surface area contributed by atoms with E-state index in [-0.39, 0.29) is 0 Å². The van der Waals surface area contributed by atoms with Crippen molar-refractivity contribution in [3.05, 3.63) is 0 Å². The third-order valence-electron chi connectivity index (χ3n) is 4.93. The molecule has 17 heavy (non-hydrogen) atoms. The lowest BCUT2D eigenvalue weighted by atomic mass is 9.80. The fourth-order valence-corrected chi connectivity index (χ4v) is 3.53. The van der Waals surface area contributed by atoms with Crippen molar-refractivity contribution in [1.82, 2.24) is 10.2 Å². The number of nitrogens with two attached hydrogens (primary N) is 1. The van der Waals surface area contributed by atoms with E-state index in [1.54, 1.807) is 0 Å². The second-order valence-corrected chi connectivity index (χ2v) is 6.33. The minimum atomic E-state index is 0.408. The third-order valence-corrected chi connectivity index (χ3v) is 4.93. The van der Waals surface area contributed by atoms with Crippen molar-refractivity contribution < 1.29 is 0 Å². The molecule has 0 aromatic carbocycles. The summed E-state index contributed by atoms with van der Waals surface area (Å²) in [6.07, 6.45) is 10.6. The van der Waals surface area contributed by atoms with E-state index in [1.807, 2.05) is 0 Å². The molecule has 2 saturated carbocycles. The Morgan fingerprint density at radius 1 is 1.18 bits per heavy atom. The van der Waals surface area contributed by atoms with Gasteiger partial charge in [-0.1, -0.05) is 19.3 Å². The molecule has 0 amide bonds. The van der Waals surface area contributed by atoms with Gasteiger partial charge in [-0.3, -0.25) is 0 Å². The summed E-state index contributed by atoms with van der Waals surface area (Å²) in [4.78, 5) is 2.45. The average molecular weight is 239 g/mol. The van der Waals surface area contributed by atoms with Crippen molar-refractivity contribution in [3.8, 4) is 0 Å². The first-order chi connectivity index (χ1) is 8.12. The normalized spacial score (nSPS) is 33.2. The maximum absolute atomic E-state index is 5.98. The maximum atomic E-state index is 5.98. The lowest BCUT2D eigenvalue weighted by Crippen LogP contribution is -2.54. The molecular formula is C14H29N3. The van der Waals surface area contributed by atoms with Gasteiger partial charge in [0.05, 0.1) is 0 Å². The molecule has 0 bridgehead atoms. The van der Waals surface area contributed by atoms with E-state index >= 15 is 0 Å². The summed E-state index contributed by atoms with van der Waals surface area (Å²) in [5, 5.41) is 3.78. The van der Waals surface area contributed by atoms with Crippen molar-refractivity contribution in [1.29, 1.82) is 0 Å². The predicted octanol–water partition coefficient (Wildman–Crippen LogP) is 1.72. The van der Waals surface area contributed by atoms with Crippen LogP contribution in [0.5, 0.6) is 0 Å². The highest BCUT2D eigenvalue weighted by molar-refractivity contribution is 4.94. The largest absolute Gasteiger partial charge is 0.328 e. The van der Waals surface area contributed by atoms with Crippen LogP contribution in [0.2, 0.25) is 0 Å². The minimum absolute atomic E-state index is 0.408. The Morgan fingerprint density at radius 2 is 1.88 bits per heavy atom. The Bertz CT molecular complexity index is 234. The monoisotopic (exact) mass is 239 g/mol. The van der Waals surface area contributed by atoms with Crippen molar-refractivity contribution in [2.75, 3.05) is 20.6 Å². The van der Waals surface area contributed by atoms with Gasteiger partial charge in [0.1, 0.15) is 0 Å². The topological polar surface area (TPSA) is 41.3 Å². The van der Waals surface area contributed by atoms with E-state index < -0.39 is 0 Å². The molecule has 3 heteroatoms. The summed E-state index contributed by atoms with van der Waals surface area (Å²) in [5.74, 6) is 0. The van der Waals surface area contributed by atoms with Crippen LogP contribution in [0.4, 0.5) is 0 Å². The molecule has 2 aliphatic rings. The van der Waals surface area contributed by atoms with Gasteiger partial charge in [0, 0.05) is 24.2 Å². The molecule has 0 aromatic heterocycles. The van der Waals surface area contributed by atoms with Gasteiger partial charge in [-0.05, 0) is 46.2 Å². The molecule has 0 saturated heterocycles. The molecule has 2 aliphatic carbocycles. The van der Waals surface area contributed by atoms with E-state index in [9.17, 15) is 0 Å². The molecule has 100 valence electrons. The van der Waals surface area contributed by atoms with Gasteiger partial charge in [0.15, 0.2) is 0 Å². The minimum Gasteiger partial charge on any atom is -0.328 e. The SMILES string of the molecule is CN(C)C1(CNC2CCC(N)C2)CCCCC1. The molecule has 3 nitrogen and oxygen atoms in total. The van der Waals surface area contributed by atoms with Gasteiger partial charge >= 0.3 is 0 Å². The number of hydrogen-bond donors (Lipinski definition) is 2. The summed E-state index contributed by atoms with van der Waals surface area (Å²) < 4.78 is 0. The highest BCUT2D eigenvalue weighted by Crippen LogP contribution is 2.32. The molecule has 0 spiro atoms. The molecular weight excluding hydrogens is 210 g/mol. The molecule has 3 N–H and O–H groups in total. The first-order valence-electron chi connectivity index (χ1n) is 7.29. The van der Waals surface area contributed by atoms with Crippen LogP contribution >= 0.6 is 0 Å². The van der Waals surface area contributed by atoms with Crippen LogP contribution in [-0.4, -0.2) is 43.2 Å². The molecule has 0 radical (unpaired) electrons. The van der Waals surface area contributed by atoms with Gasteiger partial charge in [-0.2, -0.15) is 0 Å². The highest BCUT2D eigenvalue weighted by atomic mass is 15.2. The number of nitrogens with zero attached hydrogens (tertiary/aromatic N) is 1. The Morgan fingerprint density at radius 3 is 2.41 bits per heavy atom. The second kappa shape index (κ2) is 5.68. The number of nitrogens with one attached hydrogen (secondary N) is 1. The third kappa shape index (κ3) is 3.21. The quantitative estimate of drug-likeness (QED) is 0.785. The Hall–Kier alpha value is -0.120. The van der Waals surface area contributed by atoms with E-state index in [0.717, 1.165) is 6.54 Å². The van der Waals surface area contributed by atoms with Crippen LogP contribution in [0.1, 0.15) is 51.4 Å². The van der Waals surface area contributed by atoms with E-state index in [4.69, 9.17) is 5.73 Å². The average Bonchev–Trinajstić information content (AvgIpc) is 2.74. The lowest BCUT2D eigenvalue weighted by molar-refractivity contribution is 0.0953. The zero-order valence-electron chi connectivity index (χ0n) is 11.5. The zero-order chi connectivity index (χ0) is 12.3. The lowest BCUT2D eigenvalue weighted by Gasteiger charge is -2.44. The molecule has 0 aliphatic heterocycles. The fraction of sp³-hybridized carbons (Fsp3) is 1.00. The summed E-state index contributed by atoms with van der Waals surface area (Å²) in [5.41, 5.74) is 6.38. The summed E-state index contributed by atoms with van der Waals surface area (Å²) in [7, 11) is 4.49. The van der Waals surface area contributed by atoms with E-state index in [0.29, 0.717) is 17.6 Å². The Labute approximate surface area is 106 Å². The van der Waals surface area contributed by atoms with Crippen molar-refractivity contribution in [2.45, 2.75) is 69.0 Å². The molecule has 0 aromatic rings. The van der Waals surface area contributed by atoms with Gasteiger partial charge in [-0.25, -0.2) is 0 Å². The maximum Gasteiger partial charge on any atom is 0.0327 e. The van der Waals surface area contributed by atoms with Gasteiger partial charge < -0.3 is 16.0 Å². The summed E-state index contributed by atoms with van der Waals surface area (Å²) in [6.45, 7) is 1.15. The van der Waals surface area contributed by atoms with Crippen LogP contribution in [0.15, 0.2) is 0 Å². The summed E-state index contributed by atoms with van der Waals surface area (Å²) >= 11 is 0. The van der Waals surface area contributed by atoms with Crippen molar-refractivity contribution >= 4 is 0 Å². The highest BCUT2D eigenvalue weighted by Gasteiger charge is 2.35. The predicted molar refractivity (Wildman–Crippen MR) is 73.1 cm³/mol. The van der Waals surface area contributed by atoms with Crippen LogP contribution in [0, 0.1) is 0 Å². The van der Waals surface area contributed by atoms with Crippen LogP contribution in [0.25, 0.3) is 0 Å². The number of hydrogen-bond acceptors (Lipinski definition) is 3. The standard InChI is InChI=1S/C14H29N3/c1-17(2)14(8-4-3-5-9-14)11-16-13-7-6-12(15)10-13/h12-13,16H,3-11,15H2,1-2H3. The van der Waals surface area contributed by atoms with Crippen LogP contribution < -0.4 is 11.1 Å². The van der Waals surface area contributed by atoms with Gasteiger partial charge in [-0.15, -0.1) is 0 Å². The molecule has 2 rings (SSSR count). The molecule has 2 fully saturated rings. The Kier molecular flexibility index (Phi) is 4.45. The second-order valence-electron chi connectivity index (χ2n) is 6.33. The zero-order valence-corrected chi connectivity index (χ0v) is 11.5. The Balaban J connectivity index is 1.85. The number of likely N-dealkylation sites (N-methyl/N-ethyl adjacent to an activating group) is 1. The van der Waals surface area contributed by atoms with E-state index in [2.05, 4.69) is 24.3 Å². The smallest absolute Gasteiger partial charge is 0.0327 e. The molecule has 2 unspecified atom stereocenters. The van der Waals surface area contributed by atoms with Gasteiger partial charge in [0.2, 0.25) is 0 Å². The fourth-order valence-electron chi connectivity index (χ4n) is 3.53. The van der Waals surface area contributed by atoms with Crippen LogP contribution in [0.3, 0.4) is 0 Å². The van der Waals surface area contributed by atoms with E-state index in [1.165, 1.54) is 51.4 Å².